The number of ether oxygens (including phenoxy) is 1. The summed E-state index contributed by atoms with van der Waals surface area (Å²) in [5.74, 6) is 0.790. The first-order valence-corrected chi connectivity index (χ1v) is 6.28. The average molecular weight is 319 g/mol. The molecule has 0 amide bonds. The van der Waals surface area contributed by atoms with Crippen LogP contribution in [-0.4, -0.2) is 30.7 Å². The third kappa shape index (κ3) is 16.6. The minimum atomic E-state index is -5.17. The topological polar surface area (TPSA) is 109 Å². The molecule has 101 valence electrons. The molecule has 6 nitrogen and oxygen atoms in total. The van der Waals surface area contributed by atoms with Crippen LogP contribution in [0.15, 0.2) is 36.9 Å². The first kappa shape index (κ1) is 25.5. The van der Waals surface area contributed by atoms with Gasteiger partial charge in [-0.05, 0) is 18.1 Å². The van der Waals surface area contributed by atoms with Crippen LogP contribution in [0.5, 0.6) is 5.75 Å². The summed E-state index contributed by atoms with van der Waals surface area (Å²) in [6, 6.07) is 7.69. The summed E-state index contributed by atoms with van der Waals surface area (Å²) in [5, 5.41) is 10.2. The molecular weight excluding hydrogens is 306 g/mol. The number of benzene rings is 1. The molecule has 1 aromatic rings. The molecule has 0 saturated heterocycles. The molecule has 0 saturated carbocycles. The zero-order valence-corrected chi connectivity index (χ0v) is 16.4. The summed E-state index contributed by atoms with van der Waals surface area (Å²) < 4.78 is 39.4. The van der Waals surface area contributed by atoms with E-state index in [1.807, 2.05) is 30.3 Å². The maximum Gasteiger partial charge on any atom is 1.00 e. The SMILES string of the molecule is C=CCc1ccccc1OCC[O].O=S(=O)([O-])[O-].[Na+].[Na+]. The van der Waals surface area contributed by atoms with Crippen molar-refractivity contribution in [3.63, 3.8) is 0 Å². The summed E-state index contributed by atoms with van der Waals surface area (Å²) in [4.78, 5) is 0. The van der Waals surface area contributed by atoms with Crippen LogP contribution in [0.1, 0.15) is 5.56 Å². The minimum absolute atomic E-state index is 0. The largest absolute Gasteiger partial charge is 1.00 e. The van der Waals surface area contributed by atoms with Gasteiger partial charge in [0.2, 0.25) is 0 Å². The fourth-order valence-corrected chi connectivity index (χ4v) is 1.12. The van der Waals surface area contributed by atoms with Crippen LogP contribution in [0.3, 0.4) is 0 Å². The smallest absolute Gasteiger partial charge is 0.759 e. The predicted octanol–water partition coefficient (Wildman–Crippen LogP) is -5.11. The van der Waals surface area contributed by atoms with Crippen molar-refractivity contribution in [1.82, 2.24) is 0 Å². The molecule has 1 rings (SSSR count). The number of allylic oxidation sites excluding steroid dienone is 1. The molecule has 0 atom stereocenters. The molecule has 0 aliphatic carbocycles. The third-order valence-corrected chi connectivity index (χ3v) is 1.68. The van der Waals surface area contributed by atoms with E-state index >= 15 is 0 Å². The van der Waals surface area contributed by atoms with Gasteiger partial charge in [-0.15, -0.1) is 6.58 Å². The van der Waals surface area contributed by atoms with Crippen LogP contribution in [-0.2, 0) is 21.9 Å². The molecular formula is C11H13Na2O6S. The normalized spacial score (nSPS) is 9.15. The van der Waals surface area contributed by atoms with Gasteiger partial charge >= 0.3 is 59.1 Å². The van der Waals surface area contributed by atoms with Crippen molar-refractivity contribution in [3.8, 4) is 5.75 Å². The number of hydrogen-bond acceptors (Lipinski definition) is 5. The Bertz CT molecular complexity index is 456. The first-order valence-electron chi connectivity index (χ1n) is 4.95. The van der Waals surface area contributed by atoms with Gasteiger partial charge in [0.1, 0.15) is 19.0 Å². The second-order valence-corrected chi connectivity index (χ2v) is 3.88. The maximum atomic E-state index is 10.2. The van der Waals surface area contributed by atoms with Crippen LogP contribution >= 0.6 is 0 Å². The Morgan fingerprint density at radius 2 is 1.70 bits per heavy atom. The van der Waals surface area contributed by atoms with Gasteiger partial charge in [0, 0.05) is 10.4 Å². The summed E-state index contributed by atoms with van der Waals surface area (Å²) in [7, 11) is -5.17. The molecule has 1 radical (unpaired) electrons. The van der Waals surface area contributed by atoms with Gasteiger partial charge in [0.05, 0.1) is 0 Å². The summed E-state index contributed by atoms with van der Waals surface area (Å²) >= 11 is 0. The molecule has 9 heteroatoms. The molecule has 1 aromatic carbocycles. The van der Waals surface area contributed by atoms with E-state index in [0.717, 1.165) is 17.7 Å². The molecule has 0 aliphatic heterocycles. The van der Waals surface area contributed by atoms with Crippen LogP contribution in [0, 0.1) is 0 Å². The van der Waals surface area contributed by atoms with Crippen molar-refractivity contribution in [1.29, 1.82) is 0 Å². The maximum absolute atomic E-state index is 10.2. The zero-order valence-electron chi connectivity index (χ0n) is 11.6. The Kier molecular flexibility index (Phi) is 18.5. The summed E-state index contributed by atoms with van der Waals surface area (Å²) in [5.41, 5.74) is 1.07. The van der Waals surface area contributed by atoms with Gasteiger partial charge in [-0.25, -0.2) is 5.11 Å². The predicted molar refractivity (Wildman–Crippen MR) is 61.9 cm³/mol. The van der Waals surface area contributed by atoms with Gasteiger partial charge in [-0.1, -0.05) is 24.3 Å². The van der Waals surface area contributed by atoms with E-state index in [1.54, 1.807) is 0 Å². The van der Waals surface area contributed by atoms with Crippen molar-refractivity contribution in [2.24, 2.45) is 0 Å². The van der Waals surface area contributed by atoms with Crippen LogP contribution < -0.4 is 63.9 Å². The van der Waals surface area contributed by atoms with Crippen molar-refractivity contribution in [3.05, 3.63) is 42.5 Å². The molecule has 0 spiro atoms. The molecule has 0 bridgehead atoms. The zero-order chi connectivity index (χ0) is 14.0. The van der Waals surface area contributed by atoms with Crippen LogP contribution in [0.2, 0.25) is 0 Å². The molecule has 0 aliphatic rings. The molecule has 0 N–H and O–H groups in total. The van der Waals surface area contributed by atoms with E-state index in [1.165, 1.54) is 0 Å². The fraction of sp³-hybridized carbons (Fsp3) is 0.273. The third-order valence-electron chi connectivity index (χ3n) is 1.68. The van der Waals surface area contributed by atoms with Crippen LogP contribution in [0.25, 0.3) is 0 Å². The van der Waals surface area contributed by atoms with Crippen molar-refractivity contribution in [2.75, 3.05) is 13.2 Å². The van der Waals surface area contributed by atoms with Crippen molar-refractivity contribution < 1.29 is 86.5 Å². The Balaban J connectivity index is -0.000000361. The average Bonchev–Trinajstić information content (AvgIpc) is 2.26. The monoisotopic (exact) mass is 319 g/mol. The molecule has 0 unspecified atom stereocenters. The first-order chi connectivity index (χ1) is 8.38. The Labute approximate surface area is 163 Å². The van der Waals surface area contributed by atoms with E-state index in [9.17, 15) is 5.11 Å². The summed E-state index contributed by atoms with van der Waals surface area (Å²) in [6.07, 6.45) is 2.59. The van der Waals surface area contributed by atoms with E-state index in [2.05, 4.69) is 6.58 Å². The number of rotatable bonds is 5. The Morgan fingerprint density at radius 3 is 2.15 bits per heavy atom. The quantitative estimate of drug-likeness (QED) is 0.233. The van der Waals surface area contributed by atoms with Gasteiger partial charge in [-0.2, -0.15) is 0 Å². The van der Waals surface area contributed by atoms with Gasteiger partial charge in [-0.3, -0.25) is 8.42 Å². The summed E-state index contributed by atoms with van der Waals surface area (Å²) in [6.45, 7) is 3.68. The Morgan fingerprint density at radius 1 is 1.20 bits per heavy atom. The van der Waals surface area contributed by atoms with Gasteiger partial charge in [0.15, 0.2) is 0 Å². The van der Waals surface area contributed by atoms with Gasteiger partial charge in [0.25, 0.3) is 0 Å². The molecule has 0 aromatic heterocycles. The van der Waals surface area contributed by atoms with E-state index in [4.69, 9.17) is 22.3 Å². The van der Waals surface area contributed by atoms with Crippen molar-refractivity contribution >= 4 is 10.4 Å². The second-order valence-electron chi connectivity index (χ2n) is 3.06. The second kappa shape index (κ2) is 14.5. The standard InChI is InChI=1S/C11H13O2.2Na.H2O4S/c1-2-5-10-6-3-4-7-11(10)13-9-8-12;;;1-5(2,3)4/h2-4,6-7H,1,5,8-9H2;;;(H2,1,2,3,4)/q;2*+1;/p-2. The fourth-order valence-electron chi connectivity index (χ4n) is 1.12. The molecule has 0 heterocycles. The van der Waals surface area contributed by atoms with E-state index in [-0.39, 0.29) is 72.3 Å². The van der Waals surface area contributed by atoms with E-state index in [0.29, 0.717) is 0 Å². The Hall–Kier alpha value is 0.590. The van der Waals surface area contributed by atoms with Gasteiger partial charge < -0.3 is 13.8 Å². The number of para-hydroxylation sites is 1. The van der Waals surface area contributed by atoms with Crippen LogP contribution in [0.4, 0.5) is 0 Å². The van der Waals surface area contributed by atoms with E-state index < -0.39 is 10.4 Å². The molecule has 0 fully saturated rings. The van der Waals surface area contributed by atoms with Crippen molar-refractivity contribution in [2.45, 2.75) is 6.42 Å². The molecule has 20 heavy (non-hydrogen) atoms. The number of hydrogen-bond donors (Lipinski definition) is 0. The minimum Gasteiger partial charge on any atom is -0.759 e.